The molecule has 0 aromatic rings. The Morgan fingerprint density at radius 2 is 1.95 bits per heavy atom. The molecule has 2 heterocycles. The van der Waals surface area contributed by atoms with Gasteiger partial charge in [0.15, 0.2) is 0 Å². The van der Waals surface area contributed by atoms with Gasteiger partial charge in [-0.2, -0.15) is 0 Å². The van der Waals surface area contributed by atoms with E-state index in [1.54, 1.807) is 0 Å². The van der Waals surface area contributed by atoms with Crippen LogP contribution in [0.3, 0.4) is 0 Å². The first kappa shape index (κ1) is 13.8. The molecule has 0 aromatic heterocycles. The molecule has 0 spiro atoms. The molecule has 0 radical (unpaired) electrons. The van der Waals surface area contributed by atoms with E-state index in [1.165, 1.54) is 19.4 Å². The number of nitrogens with zero attached hydrogens (tertiary/aromatic N) is 2. The number of hydrogen-bond acceptors (Lipinski definition) is 3. The van der Waals surface area contributed by atoms with Crippen LogP contribution < -0.4 is 0 Å². The van der Waals surface area contributed by atoms with Gasteiger partial charge in [0.05, 0.1) is 18.8 Å². The molecule has 4 aliphatic rings. The quantitative estimate of drug-likeness (QED) is 0.741. The molecule has 1 amide bonds. The van der Waals surface area contributed by atoms with Crippen molar-refractivity contribution in [2.45, 2.75) is 44.2 Å². The van der Waals surface area contributed by atoms with Gasteiger partial charge in [0.2, 0.25) is 5.91 Å². The van der Waals surface area contributed by atoms with Crippen molar-refractivity contribution in [2.24, 2.45) is 11.8 Å². The molecule has 0 unspecified atom stereocenters. The van der Waals surface area contributed by atoms with Crippen molar-refractivity contribution in [1.82, 2.24) is 9.80 Å². The van der Waals surface area contributed by atoms with Crippen LogP contribution in [-0.2, 0) is 9.53 Å². The summed E-state index contributed by atoms with van der Waals surface area (Å²) in [4.78, 5) is 17.4. The molecular weight excluding hydrogens is 264 g/mol. The molecule has 4 nitrogen and oxygen atoms in total. The minimum absolute atomic E-state index is 0.211. The van der Waals surface area contributed by atoms with Gasteiger partial charge in [0.1, 0.15) is 0 Å². The third-order valence-electron chi connectivity index (χ3n) is 5.56. The molecule has 2 aliphatic carbocycles. The summed E-state index contributed by atoms with van der Waals surface area (Å²) >= 11 is 0. The fourth-order valence-corrected chi connectivity index (χ4v) is 4.08. The van der Waals surface area contributed by atoms with Crippen LogP contribution in [0.5, 0.6) is 0 Å². The predicted molar refractivity (Wildman–Crippen MR) is 80.9 cm³/mol. The third kappa shape index (κ3) is 2.88. The monoisotopic (exact) mass is 290 g/mol. The van der Waals surface area contributed by atoms with Gasteiger partial charge in [-0.05, 0) is 38.0 Å². The lowest BCUT2D eigenvalue weighted by molar-refractivity contribution is -0.146. The lowest BCUT2D eigenvalue weighted by Gasteiger charge is -2.47. The number of hydrogen-bond donors (Lipinski definition) is 0. The number of carbonyl (C=O) groups is 1. The SMILES string of the molecule is O=C(C1CC=CC1)N1CC[C@@H]2OCCN(CC3CC3)[C@H]2C1. The number of ether oxygens (including phenoxy) is 1. The number of rotatable bonds is 3. The number of amides is 1. The number of fused-ring (bicyclic) bond motifs is 1. The molecule has 0 bridgehead atoms. The van der Waals surface area contributed by atoms with Crippen LogP contribution in [0.2, 0.25) is 0 Å². The van der Waals surface area contributed by atoms with Gasteiger partial charge >= 0.3 is 0 Å². The minimum atomic E-state index is 0.211. The van der Waals surface area contributed by atoms with Crippen LogP contribution >= 0.6 is 0 Å². The molecule has 3 fully saturated rings. The van der Waals surface area contributed by atoms with Crippen molar-refractivity contribution in [3.63, 3.8) is 0 Å². The van der Waals surface area contributed by atoms with E-state index in [2.05, 4.69) is 22.0 Å². The number of morpholine rings is 1. The van der Waals surface area contributed by atoms with E-state index < -0.39 is 0 Å². The van der Waals surface area contributed by atoms with E-state index in [9.17, 15) is 4.79 Å². The standard InChI is InChI=1S/C17H26N2O2/c20-17(14-3-1-2-4-14)19-8-7-16-15(12-19)18(9-10-21-16)11-13-5-6-13/h1-2,13-16H,3-12H2/t15-,16-/m0/s1. The van der Waals surface area contributed by atoms with Gasteiger partial charge in [0.25, 0.3) is 0 Å². The van der Waals surface area contributed by atoms with E-state index in [1.807, 2.05) is 0 Å². The van der Waals surface area contributed by atoms with Crippen molar-refractivity contribution in [2.75, 3.05) is 32.8 Å². The summed E-state index contributed by atoms with van der Waals surface area (Å²) in [7, 11) is 0. The summed E-state index contributed by atoms with van der Waals surface area (Å²) in [6, 6.07) is 0.436. The van der Waals surface area contributed by atoms with Gasteiger partial charge in [-0.1, -0.05) is 12.2 Å². The van der Waals surface area contributed by atoms with Crippen molar-refractivity contribution in [3.05, 3.63) is 12.2 Å². The highest BCUT2D eigenvalue weighted by Gasteiger charge is 2.41. The summed E-state index contributed by atoms with van der Waals surface area (Å²) in [5.41, 5.74) is 0. The molecule has 21 heavy (non-hydrogen) atoms. The molecule has 2 atom stereocenters. The maximum Gasteiger partial charge on any atom is 0.226 e. The van der Waals surface area contributed by atoms with Crippen LogP contribution in [0.1, 0.15) is 32.1 Å². The first-order valence-corrected chi connectivity index (χ1v) is 8.60. The average molecular weight is 290 g/mol. The first-order chi connectivity index (χ1) is 10.3. The fraction of sp³-hybridized carbons (Fsp3) is 0.824. The van der Waals surface area contributed by atoms with E-state index in [0.29, 0.717) is 18.1 Å². The summed E-state index contributed by atoms with van der Waals surface area (Å²) in [5.74, 6) is 1.49. The highest BCUT2D eigenvalue weighted by molar-refractivity contribution is 5.79. The highest BCUT2D eigenvalue weighted by Crippen LogP contribution is 2.33. The largest absolute Gasteiger partial charge is 0.375 e. The molecular formula is C17H26N2O2. The fourth-order valence-electron chi connectivity index (χ4n) is 4.08. The molecule has 4 heteroatoms. The smallest absolute Gasteiger partial charge is 0.226 e. The topological polar surface area (TPSA) is 32.8 Å². The van der Waals surface area contributed by atoms with Crippen LogP contribution in [-0.4, -0.2) is 60.6 Å². The lowest BCUT2D eigenvalue weighted by Crippen LogP contribution is -2.61. The molecule has 2 saturated heterocycles. The zero-order valence-corrected chi connectivity index (χ0v) is 12.7. The summed E-state index contributed by atoms with van der Waals surface area (Å²) < 4.78 is 5.98. The molecule has 1 saturated carbocycles. The Kier molecular flexibility index (Phi) is 3.76. The van der Waals surface area contributed by atoms with Crippen LogP contribution in [0, 0.1) is 11.8 Å². The van der Waals surface area contributed by atoms with Crippen LogP contribution in [0.15, 0.2) is 12.2 Å². The van der Waals surface area contributed by atoms with E-state index in [-0.39, 0.29) is 5.92 Å². The Morgan fingerprint density at radius 3 is 2.71 bits per heavy atom. The Morgan fingerprint density at radius 1 is 1.14 bits per heavy atom. The molecule has 116 valence electrons. The van der Waals surface area contributed by atoms with E-state index in [0.717, 1.165) is 51.4 Å². The second kappa shape index (κ2) is 5.73. The average Bonchev–Trinajstić information content (AvgIpc) is 3.16. The predicted octanol–water partition coefficient (Wildman–Crippen LogP) is 1.66. The second-order valence-electron chi connectivity index (χ2n) is 7.13. The summed E-state index contributed by atoms with van der Waals surface area (Å²) in [5, 5.41) is 0. The van der Waals surface area contributed by atoms with Crippen molar-refractivity contribution < 1.29 is 9.53 Å². The summed E-state index contributed by atoms with van der Waals surface area (Å²) in [6.07, 6.45) is 10.3. The van der Waals surface area contributed by atoms with Gasteiger partial charge in [-0.3, -0.25) is 9.69 Å². The van der Waals surface area contributed by atoms with Gasteiger partial charge in [0, 0.05) is 32.1 Å². The maximum absolute atomic E-state index is 12.6. The number of piperidine rings is 1. The molecule has 2 aliphatic heterocycles. The molecule has 0 N–H and O–H groups in total. The van der Waals surface area contributed by atoms with Gasteiger partial charge in [-0.15, -0.1) is 0 Å². The Bertz CT molecular complexity index is 425. The van der Waals surface area contributed by atoms with Gasteiger partial charge in [-0.25, -0.2) is 0 Å². The van der Waals surface area contributed by atoms with E-state index in [4.69, 9.17) is 4.74 Å². The first-order valence-electron chi connectivity index (χ1n) is 8.60. The lowest BCUT2D eigenvalue weighted by atomic mass is 9.96. The Balaban J connectivity index is 1.41. The van der Waals surface area contributed by atoms with Crippen LogP contribution in [0.4, 0.5) is 0 Å². The highest BCUT2D eigenvalue weighted by atomic mass is 16.5. The Labute approximate surface area is 127 Å². The van der Waals surface area contributed by atoms with E-state index >= 15 is 0 Å². The zero-order valence-electron chi connectivity index (χ0n) is 12.7. The number of allylic oxidation sites excluding steroid dienone is 2. The molecule has 0 aromatic carbocycles. The van der Waals surface area contributed by atoms with Crippen molar-refractivity contribution in [3.8, 4) is 0 Å². The molecule has 4 rings (SSSR count). The Hall–Kier alpha value is -0.870. The maximum atomic E-state index is 12.6. The number of carbonyl (C=O) groups excluding carboxylic acids is 1. The second-order valence-corrected chi connectivity index (χ2v) is 7.13. The normalized spacial score (nSPS) is 34.2. The van der Waals surface area contributed by atoms with Crippen molar-refractivity contribution >= 4 is 5.91 Å². The minimum Gasteiger partial charge on any atom is -0.375 e. The third-order valence-corrected chi connectivity index (χ3v) is 5.56. The zero-order chi connectivity index (χ0) is 14.2. The number of likely N-dealkylation sites (tertiary alicyclic amines) is 1. The van der Waals surface area contributed by atoms with Gasteiger partial charge < -0.3 is 9.64 Å². The van der Waals surface area contributed by atoms with Crippen molar-refractivity contribution in [1.29, 1.82) is 0 Å². The van der Waals surface area contributed by atoms with Crippen LogP contribution in [0.25, 0.3) is 0 Å². The summed E-state index contributed by atoms with van der Waals surface area (Å²) in [6.45, 7) is 4.90.